The van der Waals surface area contributed by atoms with Gasteiger partial charge in [0.05, 0.1) is 17.8 Å². The van der Waals surface area contributed by atoms with Crippen molar-refractivity contribution in [2.24, 2.45) is 7.05 Å². The number of aryl methyl sites for hydroxylation is 2. The lowest BCUT2D eigenvalue weighted by Gasteiger charge is -2.35. The molecule has 1 atom stereocenters. The van der Waals surface area contributed by atoms with Crippen LogP contribution >= 0.6 is 11.3 Å². The average molecular weight is 681 g/mol. The highest BCUT2D eigenvalue weighted by molar-refractivity contribution is 7.91. The van der Waals surface area contributed by atoms with E-state index in [1.54, 1.807) is 44.1 Å². The van der Waals surface area contributed by atoms with E-state index in [-0.39, 0.29) is 46.5 Å². The quantitative estimate of drug-likeness (QED) is 0.257. The van der Waals surface area contributed by atoms with Gasteiger partial charge in [0.1, 0.15) is 12.1 Å². The number of fused-ring (bicyclic) bond motifs is 1. The Morgan fingerprint density at radius 3 is 2.52 bits per heavy atom. The Balaban J connectivity index is 1.23. The molecular formula is C28H35F3N10O3S2. The van der Waals surface area contributed by atoms with Gasteiger partial charge in [0.2, 0.25) is 5.91 Å². The Morgan fingerprint density at radius 1 is 1.13 bits per heavy atom. The second kappa shape index (κ2) is 13.2. The number of hydrogen-bond donors (Lipinski definition) is 2. The zero-order chi connectivity index (χ0) is 33.4. The SMILES string of the molecule is Cc1nc(NC(=O)CN(C)C)sc1S(=O)(=O)N1CCN(C[C@H](C)Nc2ncnc3c(-c4cn(C)nc4C(F)(F)F)cccc23)CC1. The van der Waals surface area contributed by atoms with Crippen molar-refractivity contribution < 1.29 is 26.4 Å². The fraction of sp³-hybridized carbons (Fsp3) is 0.464. The number of alkyl halides is 3. The van der Waals surface area contributed by atoms with Crippen molar-refractivity contribution in [3.05, 3.63) is 42.1 Å². The average Bonchev–Trinajstić information content (AvgIpc) is 3.55. The summed E-state index contributed by atoms with van der Waals surface area (Å²) in [4.78, 5) is 28.9. The summed E-state index contributed by atoms with van der Waals surface area (Å²) in [7, 11) is 1.16. The Bertz CT molecular complexity index is 1830. The van der Waals surface area contributed by atoms with Crippen molar-refractivity contribution in [2.75, 3.05) is 64.0 Å². The Labute approximate surface area is 268 Å². The lowest BCUT2D eigenvalue weighted by atomic mass is 10.0. The molecule has 0 spiro atoms. The van der Waals surface area contributed by atoms with Crippen molar-refractivity contribution in [2.45, 2.75) is 30.3 Å². The molecule has 1 fully saturated rings. The number of nitrogens with zero attached hydrogens (tertiary/aromatic N) is 8. The predicted octanol–water partition coefficient (Wildman–Crippen LogP) is 3.12. The number of para-hydroxylation sites is 1. The van der Waals surface area contributed by atoms with Gasteiger partial charge in [-0.1, -0.05) is 23.5 Å². The topological polar surface area (TPSA) is 141 Å². The predicted molar refractivity (Wildman–Crippen MR) is 169 cm³/mol. The summed E-state index contributed by atoms with van der Waals surface area (Å²) >= 11 is 0.944. The van der Waals surface area contributed by atoms with Gasteiger partial charge in [-0.25, -0.2) is 23.4 Å². The number of amides is 1. The molecule has 4 heterocycles. The van der Waals surface area contributed by atoms with E-state index in [1.807, 2.05) is 6.92 Å². The molecular weight excluding hydrogens is 646 g/mol. The number of sulfonamides is 1. The van der Waals surface area contributed by atoms with Gasteiger partial charge in [-0.3, -0.25) is 14.4 Å². The van der Waals surface area contributed by atoms with Crippen molar-refractivity contribution in [3.8, 4) is 11.1 Å². The monoisotopic (exact) mass is 680 g/mol. The summed E-state index contributed by atoms with van der Waals surface area (Å²) in [6, 6.07) is 4.86. The number of carbonyl (C=O) groups is 1. The van der Waals surface area contributed by atoms with Crippen LogP contribution in [0, 0.1) is 6.92 Å². The van der Waals surface area contributed by atoms with Crippen LogP contribution in [0.4, 0.5) is 24.1 Å². The molecule has 1 aliphatic heterocycles. The van der Waals surface area contributed by atoms with E-state index in [2.05, 4.69) is 35.6 Å². The molecule has 5 rings (SSSR count). The molecule has 0 bridgehead atoms. The minimum absolute atomic E-state index is 0.0649. The van der Waals surface area contributed by atoms with Crippen LogP contribution < -0.4 is 10.6 Å². The zero-order valence-corrected chi connectivity index (χ0v) is 27.6. The Kier molecular flexibility index (Phi) is 9.65. The van der Waals surface area contributed by atoms with Crippen molar-refractivity contribution >= 4 is 49.1 Å². The highest BCUT2D eigenvalue weighted by atomic mass is 32.2. The molecule has 4 aromatic rings. The summed E-state index contributed by atoms with van der Waals surface area (Å²) in [6.07, 6.45) is -1.99. The van der Waals surface area contributed by atoms with Crippen LogP contribution in [-0.2, 0) is 28.0 Å². The fourth-order valence-electron chi connectivity index (χ4n) is 5.37. The summed E-state index contributed by atoms with van der Waals surface area (Å²) in [5.74, 6) is 0.200. The lowest BCUT2D eigenvalue weighted by Crippen LogP contribution is -2.50. The van der Waals surface area contributed by atoms with E-state index >= 15 is 0 Å². The fourth-order valence-corrected chi connectivity index (χ4v) is 8.36. The van der Waals surface area contributed by atoms with E-state index in [4.69, 9.17) is 0 Å². The molecule has 46 heavy (non-hydrogen) atoms. The number of anilines is 2. The number of rotatable bonds is 10. The van der Waals surface area contributed by atoms with E-state index in [1.165, 1.54) is 23.9 Å². The van der Waals surface area contributed by atoms with E-state index in [9.17, 15) is 26.4 Å². The van der Waals surface area contributed by atoms with Crippen LogP contribution in [0.15, 0.2) is 34.9 Å². The van der Waals surface area contributed by atoms with Crippen LogP contribution in [0.25, 0.3) is 22.0 Å². The summed E-state index contributed by atoms with van der Waals surface area (Å²) in [5.41, 5.74) is -0.0486. The maximum absolute atomic E-state index is 13.7. The molecule has 0 saturated carbocycles. The number of aromatic nitrogens is 5. The third-order valence-electron chi connectivity index (χ3n) is 7.33. The van der Waals surface area contributed by atoms with Gasteiger partial charge in [0.25, 0.3) is 10.0 Å². The molecule has 1 saturated heterocycles. The van der Waals surface area contributed by atoms with E-state index in [0.29, 0.717) is 47.6 Å². The molecule has 1 amide bonds. The first-order valence-electron chi connectivity index (χ1n) is 14.4. The third kappa shape index (κ3) is 7.30. The van der Waals surface area contributed by atoms with Crippen LogP contribution in [-0.4, -0.2) is 113 Å². The number of likely N-dealkylation sites (N-methyl/N-ethyl adjacent to an activating group) is 1. The molecule has 248 valence electrons. The van der Waals surface area contributed by atoms with Crippen molar-refractivity contribution in [1.29, 1.82) is 0 Å². The van der Waals surface area contributed by atoms with Gasteiger partial charge in [-0.05, 0) is 34.0 Å². The highest BCUT2D eigenvalue weighted by Gasteiger charge is 2.38. The second-order valence-electron chi connectivity index (χ2n) is 11.4. The molecule has 1 aromatic carbocycles. The number of hydrogen-bond acceptors (Lipinski definition) is 11. The molecule has 0 radical (unpaired) electrons. The second-order valence-corrected chi connectivity index (χ2v) is 14.5. The van der Waals surface area contributed by atoms with Crippen LogP contribution in [0.3, 0.4) is 0 Å². The third-order valence-corrected chi connectivity index (χ3v) is 10.9. The number of carbonyl (C=O) groups excluding carboxylic acids is 1. The normalized spacial score (nSPS) is 15.8. The highest BCUT2D eigenvalue weighted by Crippen LogP contribution is 2.39. The number of benzene rings is 1. The summed E-state index contributed by atoms with van der Waals surface area (Å²) < 4.78 is 70.7. The lowest BCUT2D eigenvalue weighted by molar-refractivity contribution is -0.141. The summed E-state index contributed by atoms with van der Waals surface area (Å²) in [6.45, 7) is 5.83. The molecule has 1 aliphatic rings. The van der Waals surface area contributed by atoms with Gasteiger partial charge in [-0.2, -0.15) is 22.6 Å². The van der Waals surface area contributed by atoms with Crippen LogP contribution in [0.1, 0.15) is 18.3 Å². The van der Waals surface area contributed by atoms with Gasteiger partial charge < -0.3 is 15.5 Å². The van der Waals surface area contributed by atoms with Gasteiger partial charge in [0, 0.05) is 68.5 Å². The first kappa shape index (κ1) is 33.6. The molecule has 2 N–H and O–H groups in total. The van der Waals surface area contributed by atoms with Crippen molar-refractivity contribution in [3.63, 3.8) is 0 Å². The van der Waals surface area contributed by atoms with Gasteiger partial charge in [-0.15, -0.1) is 0 Å². The smallest absolute Gasteiger partial charge is 0.366 e. The maximum Gasteiger partial charge on any atom is 0.435 e. The largest absolute Gasteiger partial charge is 0.435 e. The first-order valence-corrected chi connectivity index (χ1v) is 16.6. The van der Waals surface area contributed by atoms with Crippen molar-refractivity contribution in [1.82, 2.24) is 38.8 Å². The maximum atomic E-state index is 13.7. The molecule has 18 heteroatoms. The molecule has 0 aliphatic carbocycles. The first-order chi connectivity index (χ1) is 21.6. The zero-order valence-electron chi connectivity index (χ0n) is 26.0. The van der Waals surface area contributed by atoms with Crippen LogP contribution in [0.2, 0.25) is 0 Å². The van der Waals surface area contributed by atoms with Gasteiger partial charge in [0.15, 0.2) is 15.0 Å². The summed E-state index contributed by atoms with van der Waals surface area (Å²) in [5, 5.41) is 10.5. The minimum atomic E-state index is -4.63. The van der Waals surface area contributed by atoms with Crippen LogP contribution in [0.5, 0.6) is 0 Å². The number of nitrogens with one attached hydrogen (secondary N) is 2. The van der Waals surface area contributed by atoms with E-state index < -0.39 is 21.9 Å². The Morgan fingerprint density at radius 2 is 1.85 bits per heavy atom. The standard InChI is InChI=1S/C28H35F3N10O3S2/c1-17(34-25-20-8-6-7-19(23(20)32-16-33-25)21-14-39(5)37-24(21)28(29,30)31)13-40-9-11-41(12-10-40)46(43,44)26-18(2)35-27(45-26)36-22(42)15-38(3)4/h6-8,14,16-17H,9-13,15H2,1-5H3,(H,32,33,34)(H,35,36,42)/t17-/m0/s1. The number of piperazine rings is 1. The molecule has 13 nitrogen and oxygen atoms in total. The van der Waals surface area contributed by atoms with E-state index in [0.717, 1.165) is 16.0 Å². The number of halogens is 3. The molecule has 3 aromatic heterocycles. The number of thiazole rings is 1. The minimum Gasteiger partial charge on any atom is -0.366 e. The molecule has 0 unspecified atom stereocenters. The Hall–Kier alpha value is -3.71. The van der Waals surface area contributed by atoms with Gasteiger partial charge >= 0.3 is 6.18 Å².